The molecule has 5 nitrogen and oxygen atoms in total. The minimum atomic E-state index is -0.586. The van der Waals surface area contributed by atoms with Crippen molar-refractivity contribution in [2.45, 2.75) is 44.7 Å². The van der Waals surface area contributed by atoms with Crippen LogP contribution >= 0.6 is 0 Å². The Morgan fingerprint density at radius 1 is 1.39 bits per heavy atom. The molecule has 1 aliphatic rings. The minimum Gasteiger partial charge on any atom is -0.361 e. The summed E-state index contributed by atoms with van der Waals surface area (Å²) in [4.78, 5) is 12.6. The predicted molar refractivity (Wildman–Crippen MR) is 88.9 cm³/mol. The first kappa shape index (κ1) is 15.7. The molecule has 0 bridgehead atoms. The molecule has 0 radical (unpaired) electrons. The van der Waals surface area contributed by atoms with Gasteiger partial charge in [-0.15, -0.1) is 0 Å². The van der Waals surface area contributed by atoms with Gasteiger partial charge in [0.1, 0.15) is 17.0 Å². The highest BCUT2D eigenvalue weighted by atomic mass is 16.5. The normalized spacial score (nSPS) is 20.8. The van der Waals surface area contributed by atoms with Gasteiger partial charge in [-0.25, -0.2) is 0 Å². The third-order valence-electron chi connectivity index (χ3n) is 4.20. The van der Waals surface area contributed by atoms with Gasteiger partial charge in [-0.1, -0.05) is 35.5 Å². The predicted octanol–water partition coefficient (Wildman–Crippen LogP) is 2.53. The van der Waals surface area contributed by atoms with Gasteiger partial charge in [0.2, 0.25) is 5.91 Å². The monoisotopic (exact) mass is 313 g/mol. The molecule has 23 heavy (non-hydrogen) atoms. The molecule has 122 valence electrons. The van der Waals surface area contributed by atoms with E-state index in [9.17, 15) is 4.79 Å². The molecule has 1 fully saturated rings. The van der Waals surface area contributed by atoms with Crippen LogP contribution in [0.15, 0.2) is 40.9 Å². The lowest BCUT2D eigenvalue weighted by atomic mass is 9.90. The molecule has 1 aliphatic heterocycles. The highest BCUT2D eigenvalue weighted by Gasteiger charge is 2.42. The summed E-state index contributed by atoms with van der Waals surface area (Å²) in [6, 6.07) is 12.0. The second-order valence-corrected chi connectivity index (χ2v) is 6.46. The molecule has 3 rings (SSSR count). The number of nitrogens with zero attached hydrogens (tertiary/aromatic N) is 1. The van der Waals surface area contributed by atoms with Crippen LogP contribution in [0.4, 0.5) is 0 Å². The van der Waals surface area contributed by atoms with Crippen LogP contribution < -0.4 is 10.6 Å². The Morgan fingerprint density at radius 3 is 2.83 bits per heavy atom. The highest BCUT2D eigenvalue weighted by Crippen LogP contribution is 2.27. The maximum absolute atomic E-state index is 12.6. The number of hydrogen-bond acceptors (Lipinski definition) is 4. The number of hydrogen-bond donors (Lipinski definition) is 2. The first-order chi connectivity index (χ1) is 11.1. The first-order valence-corrected chi connectivity index (χ1v) is 8.16. The Kier molecular flexibility index (Phi) is 4.48. The van der Waals surface area contributed by atoms with Crippen LogP contribution in [0.3, 0.4) is 0 Å². The minimum absolute atomic E-state index is 0.0441. The van der Waals surface area contributed by atoms with Gasteiger partial charge < -0.3 is 15.2 Å². The molecule has 1 amide bonds. The topological polar surface area (TPSA) is 67.2 Å². The van der Waals surface area contributed by atoms with Crippen LogP contribution in [-0.2, 0) is 11.2 Å². The van der Waals surface area contributed by atoms with Gasteiger partial charge in [0.15, 0.2) is 0 Å². The van der Waals surface area contributed by atoms with Crippen molar-refractivity contribution in [1.82, 2.24) is 15.8 Å². The lowest BCUT2D eigenvalue weighted by molar-refractivity contribution is -0.127. The maximum atomic E-state index is 12.6. The van der Waals surface area contributed by atoms with E-state index in [-0.39, 0.29) is 11.9 Å². The molecule has 1 atom stereocenters. The van der Waals surface area contributed by atoms with E-state index in [0.717, 1.165) is 36.4 Å². The Balaban J connectivity index is 1.79. The molecule has 2 heterocycles. The number of carbonyl (C=O) groups is 1. The van der Waals surface area contributed by atoms with Crippen molar-refractivity contribution >= 4 is 5.91 Å². The van der Waals surface area contributed by atoms with Crippen LogP contribution in [0.5, 0.6) is 0 Å². The summed E-state index contributed by atoms with van der Waals surface area (Å²) in [5.74, 6) is 0.778. The summed E-state index contributed by atoms with van der Waals surface area (Å²) in [5.41, 5.74) is 1.23. The number of carbonyl (C=O) groups excluding carboxylic acids is 1. The molecular weight excluding hydrogens is 290 g/mol. The SMILES string of the molecule is CC(C)NC(=O)[C@@]1(Cc2cc(-c3ccccc3)no2)CCCN1. The van der Waals surface area contributed by atoms with E-state index in [1.807, 2.05) is 50.2 Å². The quantitative estimate of drug-likeness (QED) is 0.890. The van der Waals surface area contributed by atoms with Gasteiger partial charge in [-0.3, -0.25) is 4.79 Å². The average Bonchev–Trinajstić information content (AvgIpc) is 3.18. The van der Waals surface area contributed by atoms with Crippen molar-refractivity contribution in [3.63, 3.8) is 0 Å². The molecule has 0 unspecified atom stereocenters. The highest BCUT2D eigenvalue weighted by molar-refractivity contribution is 5.87. The van der Waals surface area contributed by atoms with Crippen molar-refractivity contribution in [2.75, 3.05) is 6.54 Å². The van der Waals surface area contributed by atoms with Gasteiger partial charge in [0, 0.05) is 24.1 Å². The number of nitrogens with one attached hydrogen (secondary N) is 2. The summed E-state index contributed by atoms with van der Waals surface area (Å²) in [5, 5.41) is 10.5. The molecule has 0 saturated carbocycles. The number of benzene rings is 1. The molecule has 1 aromatic carbocycles. The molecule has 1 aromatic heterocycles. The fourth-order valence-electron chi connectivity index (χ4n) is 3.07. The summed E-state index contributed by atoms with van der Waals surface area (Å²) in [6.07, 6.45) is 2.32. The Labute approximate surface area is 136 Å². The summed E-state index contributed by atoms with van der Waals surface area (Å²) in [6.45, 7) is 4.80. The van der Waals surface area contributed by atoms with Crippen LogP contribution in [0, 0.1) is 0 Å². The van der Waals surface area contributed by atoms with Crippen LogP contribution in [0.2, 0.25) is 0 Å². The second-order valence-electron chi connectivity index (χ2n) is 6.46. The molecular formula is C18H23N3O2. The smallest absolute Gasteiger partial charge is 0.240 e. The number of amides is 1. The third-order valence-corrected chi connectivity index (χ3v) is 4.20. The van der Waals surface area contributed by atoms with Crippen LogP contribution in [-0.4, -0.2) is 29.2 Å². The van der Waals surface area contributed by atoms with Gasteiger partial charge in [0.25, 0.3) is 0 Å². The Bertz CT molecular complexity index is 658. The lowest BCUT2D eigenvalue weighted by Gasteiger charge is -2.28. The van der Waals surface area contributed by atoms with Crippen molar-refractivity contribution < 1.29 is 9.32 Å². The summed E-state index contributed by atoms with van der Waals surface area (Å²) >= 11 is 0. The van der Waals surface area contributed by atoms with E-state index in [1.54, 1.807) is 0 Å². The Morgan fingerprint density at radius 2 is 2.17 bits per heavy atom. The van der Waals surface area contributed by atoms with Crippen molar-refractivity contribution in [3.05, 3.63) is 42.2 Å². The third kappa shape index (κ3) is 3.45. The van der Waals surface area contributed by atoms with E-state index >= 15 is 0 Å². The largest absolute Gasteiger partial charge is 0.361 e. The summed E-state index contributed by atoms with van der Waals surface area (Å²) < 4.78 is 5.49. The Hall–Kier alpha value is -2.14. The van der Waals surface area contributed by atoms with E-state index in [1.165, 1.54) is 0 Å². The number of aromatic nitrogens is 1. The van der Waals surface area contributed by atoms with Gasteiger partial charge in [0.05, 0.1) is 0 Å². The molecule has 1 saturated heterocycles. The molecule has 0 spiro atoms. The van der Waals surface area contributed by atoms with E-state index in [2.05, 4.69) is 15.8 Å². The fourth-order valence-corrected chi connectivity index (χ4v) is 3.07. The molecule has 0 aliphatic carbocycles. The zero-order valence-corrected chi connectivity index (χ0v) is 13.6. The first-order valence-electron chi connectivity index (χ1n) is 8.16. The van der Waals surface area contributed by atoms with Crippen LogP contribution in [0.1, 0.15) is 32.4 Å². The lowest BCUT2D eigenvalue weighted by Crippen LogP contribution is -2.56. The second kappa shape index (κ2) is 6.54. The average molecular weight is 313 g/mol. The molecule has 2 N–H and O–H groups in total. The zero-order chi connectivity index (χ0) is 16.3. The van der Waals surface area contributed by atoms with Crippen molar-refractivity contribution in [3.8, 4) is 11.3 Å². The number of rotatable bonds is 5. The van der Waals surface area contributed by atoms with Gasteiger partial charge in [-0.05, 0) is 33.2 Å². The van der Waals surface area contributed by atoms with Gasteiger partial charge >= 0.3 is 0 Å². The van der Waals surface area contributed by atoms with E-state index in [4.69, 9.17) is 4.52 Å². The summed E-state index contributed by atoms with van der Waals surface area (Å²) in [7, 11) is 0. The fraction of sp³-hybridized carbons (Fsp3) is 0.444. The van der Waals surface area contributed by atoms with Crippen molar-refractivity contribution in [1.29, 1.82) is 0 Å². The van der Waals surface area contributed by atoms with E-state index < -0.39 is 5.54 Å². The van der Waals surface area contributed by atoms with Crippen LogP contribution in [0.25, 0.3) is 11.3 Å². The molecule has 2 aromatic rings. The van der Waals surface area contributed by atoms with E-state index in [0.29, 0.717) is 6.42 Å². The maximum Gasteiger partial charge on any atom is 0.240 e. The standard InChI is InChI=1S/C18H23N3O2/c1-13(2)20-17(22)18(9-6-10-19-18)12-15-11-16(21-23-15)14-7-4-3-5-8-14/h3-5,7-8,11,13,19H,6,9-10,12H2,1-2H3,(H,20,22)/t18-/m0/s1. The van der Waals surface area contributed by atoms with Gasteiger partial charge in [-0.2, -0.15) is 0 Å². The van der Waals surface area contributed by atoms with Crippen molar-refractivity contribution in [2.24, 2.45) is 0 Å². The molecule has 5 heteroatoms. The zero-order valence-electron chi connectivity index (χ0n) is 13.6.